The van der Waals surface area contributed by atoms with Crippen LogP contribution in [0.1, 0.15) is 89.2 Å². The molecule has 0 bridgehead atoms. The average molecular weight is 369 g/mol. The third kappa shape index (κ3) is 5.33. The Hall–Kier alpha value is -1.37. The summed E-state index contributed by atoms with van der Waals surface area (Å²) in [5, 5.41) is 0. The molecule has 0 aromatic heterocycles. The molecule has 2 aliphatic carbocycles. The standard InChI is InChI=1S/C26H37F/c1-4-8-23-11-6-9-21(15-19(23)3)16-22-10-7-12-24(17-22)25-18-20(5-2)13-14-26(25)27/h7,10,12-14,18-19,21,23-24H,4-6,8-9,11,15-17H2,1-3H3. The molecule has 0 N–H and O–H groups in total. The summed E-state index contributed by atoms with van der Waals surface area (Å²) >= 11 is 0. The molecule has 0 heterocycles. The lowest BCUT2D eigenvalue weighted by atomic mass is 9.80. The maximum absolute atomic E-state index is 14.4. The van der Waals surface area contributed by atoms with E-state index in [1.165, 1.54) is 56.1 Å². The smallest absolute Gasteiger partial charge is 0.127 e. The molecule has 4 atom stereocenters. The number of aryl methyl sites for hydroxylation is 1. The van der Waals surface area contributed by atoms with Crippen molar-refractivity contribution < 1.29 is 4.39 Å². The van der Waals surface area contributed by atoms with Crippen LogP contribution in [0.2, 0.25) is 0 Å². The minimum absolute atomic E-state index is 0.0476. The van der Waals surface area contributed by atoms with E-state index in [1.54, 1.807) is 6.07 Å². The van der Waals surface area contributed by atoms with E-state index < -0.39 is 0 Å². The molecular formula is C26H37F. The monoisotopic (exact) mass is 368 g/mol. The van der Waals surface area contributed by atoms with Crippen LogP contribution in [-0.4, -0.2) is 0 Å². The Kier molecular flexibility index (Phi) is 7.33. The van der Waals surface area contributed by atoms with Crippen LogP contribution >= 0.6 is 0 Å². The molecule has 0 nitrogen and oxygen atoms in total. The van der Waals surface area contributed by atoms with Crippen molar-refractivity contribution in [1.82, 2.24) is 0 Å². The zero-order chi connectivity index (χ0) is 19.2. The first-order valence-electron chi connectivity index (χ1n) is 11.2. The van der Waals surface area contributed by atoms with Crippen LogP contribution in [0.15, 0.2) is 42.0 Å². The summed E-state index contributed by atoms with van der Waals surface area (Å²) in [6.07, 6.45) is 18.1. The Balaban J connectivity index is 1.64. The molecule has 2 aliphatic rings. The molecule has 0 saturated heterocycles. The Morgan fingerprint density at radius 2 is 2.00 bits per heavy atom. The highest BCUT2D eigenvalue weighted by molar-refractivity contribution is 5.35. The van der Waals surface area contributed by atoms with E-state index in [9.17, 15) is 4.39 Å². The van der Waals surface area contributed by atoms with E-state index in [0.29, 0.717) is 0 Å². The van der Waals surface area contributed by atoms with Gasteiger partial charge in [0.2, 0.25) is 0 Å². The number of hydrogen-bond donors (Lipinski definition) is 0. The molecule has 1 aromatic rings. The van der Waals surface area contributed by atoms with Crippen molar-refractivity contribution in [2.24, 2.45) is 17.8 Å². The van der Waals surface area contributed by atoms with E-state index in [1.807, 2.05) is 6.07 Å². The van der Waals surface area contributed by atoms with Crippen LogP contribution < -0.4 is 0 Å². The summed E-state index contributed by atoms with van der Waals surface area (Å²) in [6, 6.07) is 5.65. The highest BCUT2D eigenvalue weighted by atomic mass is 19.1. The Morgan fingerprint density at radius 3 is 2.78 bits per heavy atom. The summed E-state index contributed by atoms with van der Waals surface area (Å²) in [6.45, 7) is 6.93. The van der Waals surface area contributed by atoms with Crippen molar-refractivity contribution in [3.05, 3.63) is 58.9 Å². The number of allylic oxidation sites excluding steroid dienone is 4. The molecule has 1 heteroatoms. The van der Waals surface area contributed by atoms with Crippen LogP contribution in [0.4, 0.5) is 4.39 Å². The maximum Gasteiger partial charge on any atom is 0.127 e. The van der Waals surface area contributed by atoms with Crippen LogP contribution in [0.3, 0.4) is 0 Å². The molecule has 0 aliphatic heterocycles. The summed E-state index contributed by atoms with van der Waals surface area (Å²) in [7, 11) is 0. The van der Waals surface area contributed by atoms with Gasteiger partial charge in [-0.15, -0.1) is 0 Å². The molecule has 1 aromatic carbocycles. The minimum atomic E-state index is -0.0476. The second-order valence-electron chi connectivity index (χ2n) is 8.99. The van der Waals surface area contributed by atoms with Gasteiger partial charge in [-0.25, -0.2) is 4.39 Å². The minimum Gasteiger partial charge on any atom is -0.207 e. The van der Waals surface area contributed by atoms with Crippen LogP contribution in [-0.2, 0) is 6.42 Å². The van der Waals surface area contributed by atoms with Crippen molar-refractivity contribution in [3.8, 4) is 0 Å². The predicted octanol–water partition coefficient (Wildman–Crippen LogP) is 7.99. The highest BCUT2D eigenvalue weighted by Crippen LogP contribution is 2.39. The van der Waals surface area contributed by atoms with Gasteiger partial charge in [0.1, 0.15) is 5.82 Å². The zero-order valence-corrected chi connectivity index (χ0v) is 17.5. The Bertz CT molecular complexity index is 669. The molecule has 3 rings (SSSR count). The van der Waals surface area contributed by atoms with Crippen LogP contribution in [0.25, 0.3) is 0 Å². The average Bonchev–Trinajstić information content (AvgIpc) is 2.84. The van der Waals surface area contributed by atoms with Crippen molar-refractivity contribution in [2.45, 2.75) is 84.5 Å². The first-order chi connectivity index (χ1) is 13.1. The molecule has 1 saturated carbocycles. The van der Waals surface area contributed by atoms with Gasteiger partial charge < -0.3 is 0 Å². The second-order valence-corrected chi connectivity index (χ2v) is 8.99. The molecule has 0 radical (unpaired) electrons. The molecule has 0 amide bonds. The predicted molar refractivity (Wildman–Crippen MR) is 114 cm³/mol. The third-order valence-corrected chi connectivity index (χ3v) is 6.93. The summed E-state index contributed by atoms with van der Waals surface area (Å²) in [4.78, 5) is 0. The fourth-order valence-corrected chi connectivity index (χ4v) is 5.35. The van der Waals surface area contributed by atoms with E-state index in [0.717, 1.165) is 36.2 Å². The summed E-state index contributed by atoms with van der Waals surface area (Å²) in [5.41, 5.74) is 3.64. The van der Waals surface area contributed by atoms with Gasteiger partial charge in [-0.3, -0.25) is 0 Å². The Labute approximate surface area is 166 Å². The lowest BCUT2D eigenvalue weighted by Crippen LogP contribution is -2.13. The first kappa shape index (κ1) is 20.4. The molecule has 4 unspecified atom stereocenters. The van der Waals surface area contributed by atoms with E-state index in [2.05, 4.69) is 45.1 Å². The van der Waals surface area contributed by atoms with Crippen molar-refractivity contribution >= 4 is 0 Å². The van der Waals surface area contributed by atoms with Gasteiger partial charge in [0.05, 0.1) is 0 Å². The first-order valence-corrected chi connectivity index (χ1v) is 11.2. The van der Waals surface area contributed by atoms with Crippen molar-refractivity contribution in [2.75, 3.05) is 0 Å². The fraction of sp³-hybridized carbons (Fsp3) is 0.615. The number of halogens is 1. The number of benzene rings is 1. The van der Waals surface area contributed by atoms with Gasteiger partial charge in [-0.1, -0.05) is 88.8 Å². The molecule has 0 spiro atoms. The summed E-state index contributed by atoms with van der Waals surface area (Å²) < 4.78 is 14.4. The van der Waals surface area contributed by atoms with E-state index >= 15 is 0 Å². The number of rotatable bonds is 6. The molecular weight excluding hydrogens is 331 g/mol. The second kappa shape index (κ2) is 9.71. The van der Waals surface area contributed by atoms with Crippen molar-refractivity contribution in [1.29, 1.82) is 0 Å². The lowest BCUT2D eigenvalue weighted by Gasteiger charge is -2.25. The zero-order valence-electron chi connectivity index (χ0n) is 17.5. The van der Waals surface area contributed by atoms with Gasteiger partial charge in [-0.2, -0.15) is 0 Å². The van der Waals surface area contributed by atoms with Gasteiger partial charge >= 0.3 is 0 Å². The van der Waals surface area contributed by atoms with Gasteiger partial charge in [0.25, 0.3) is 0 Å². The quantitative estimate of drug-likeness (QED) is 0.446. The number of hydrogen-bond acceptors (Lipinski definition) is 0. The topological polar surface area (TPSA) is 0 Å². The van der Waals surface area contributed by atoms with Gasteiger partial charge in [0, 0.05) is 5.92 Å². The molecule has 1 fully saturated rings. The molecule has 148 valence electrons. The van der Waals surface area contributed by atoms with Crippen LogP contribution in [0, 0.1) is 23.6 Å². The lowest BCUT2D eigenvalue weighted by molar-refractivity contribution is 0.291. The van der Waals surface area contributed by atoms with E-state index in [4.69, 9.17) is 0 Å². The third-order valence-electron chi connectivity index (χ3n) is 6.93. The van der Waals surface area contributed by atoms with Gasteiger partial charge in [0.15, 0.2) is 0 Å². The van der Waals surface area contributed by atoms with Crippen molar-refractivity contribution in [3.63, 3.8) is 0 Å². The van der Waals surface area contributed by atoms with E-state index in [-0.39, 0.29) is 11.7 Å². The largest absolute Gasteiger partial charge is 0.207 e. The maximum atomic E-state index is 14.4. The highest BCUT2D eigenvalue weighted by Gasteiger charge is 2.26. The SMILES string of the molecule is CCCC1CCCC(CC2=CC=CC(c3cc(CC)ccc3F)C2)CC1C. The van der Waals surface area contributed by atoms with Crippen LogP contribution in [0.5, 0.6) is 0 Å². The summed E-state index contributed by atoms with van der Waals surface area (Å²) in [5.74, 6) is 2.75. The Morgan fingerprint density at radius 1 is 1.15 bits per heavy atom. The normalized spacial score (nSPS) is 28.7. The molecule has 27 heavy (non-hydrogen) atoms. The van der Waals surface area contributed by atoms with Gasteiger partial charge in [-0.05, 0) is 60.6 Å². The fourth-order valence-electron chi connectivity index (χ4n) is 5.35.